The molecule has 1 aromatic carbocycles. The Hall–Kier alpha value is -2.90. The zero-order valence-corrected chi connectivity index (χ0v) is 18.7. The van der Waals surface area contributed by atoms with Gasteiger partial charge in [-0.2, -0.15) is 0 Å². The van der Waals surface area contributed by atoms with Crippen LogP contribution in [0.2, 0.25) is 0 Å². The summed E-state index contributed by atoms with van der Waals surface area (Å²) in [5, 5.41) is 0.785. The molecule has 1 aliphatic heterocycles. The number of benzene rings is 1. The van der Waals surface area contributed by atoms with Crippen LogP contribution in [-0.4, -0.2) is 71.8 Å². The highest BCUT2D eigenvalue weighted by atomic mass is 16.6. The lowest BCUT2D eigenvalue weighted by molar-refractivity contribution is -0.00500. The first-order valence-electron chi connectivity index (χ1n) is 10.1. The number of amides is 2. The number of nitrogens with one attached hydrogen (secondary N) is 1. The molecule has 2 heterocycles. The molecule has 0 radical (unpaired) electrons. The van der Waals surface area contributed by atoms with Crippen LogP contribution in [-0.2, 0) is 4.74 Å². The number of nitrogens with zero attached hydrogens (tertiary/aromatic N) is 2. The maximum Gasteiger partial charge on any atom is 0.410 e. The third-order valence-electron chi connectivity index (χ3n) is 5.19. The van der Waals surface area contributed by atoms with Gasteiger partial charge < -0.3 is 29.0 Å². The summed E-state index contributed by atoms with van der Waals surface area (Å²) in [6, 6.07) is 5.08. The van der Waals surface area contributed by atoms with Crippen molar-refractivity contribution in [3.8, 4) is 11.5 Å². The van der Waals surface area contributed by atoms with E-state index in [9.17, 15) is 9.59 Å². The molecule has 1 fully saturated rings. The predicted octanol–water partition coefficient (Wildman–Crippen LogP) is 3.66. The number of ether oxygens (including phenoxy) is 3. The normalized spacial score (nSPS) is 19.7. The number of carbonyl (C=O) groups excluding carboxylic acids is 2. The van der Waals surface area contributed by atoms with Crippen LogP contribution in [0.3, 0.4) is 0 Å². The van der Waals surface area contributed by atoms with Gasteiger partial charge in [-0.3, -0.25) is 4.79 Å². The maximum absolute atomic E-state index is 13.4. The van der Waals surface area contributed by atoms with Crippen LogP contribution in [0, 0.1) is 0 Å². The molecule has 8 heteroatoms. The molecule has 0 spiro atoms. The van der Waals surface area contributed by atoms with Crippen LogP contribution in [0.4, 0.5) is 4.79 Å². The SMILES string of the molecule is COc1ccc(OC)c2[nH]c(C(=O)N3[C@H](C)CN(C(=O)OC(C)(C)C)C[C@H]3C)cc12. The van der Waals surface area contributed by atoms with E-state index in [2.05, 4.69) is 4.98 Å². The van der Waals surface area contributed by atoms with E-state index >= 15 is 0 Å². The van der Waals surface area contributed by atoms with Gasteiger partial charge in [0.2, 0.25) is 0 Å². The molecule has 30 heavy (non-hydrogen) atoms. The van der Waals surface area contributed by atoms with Crippen LogP contribution in [0.25, 0.3) is 10.9 Å². The Labute approximate surface area is 177 Å². The predicted molar refractivity (Wildman–Crippen MR) is 114 cm³/mol. The smallest absolute Gasteiger partial charge is 0.410 e. The quantitative estimate of drug-likeness (QED) is 0.824. The Morgan fingerprint density at radius 1 is 1.03 bits per heavy atom. The fraction of sp³-hybridized carbons (Fsp3) is 0.545. The zero-order valence-electron chi connectivity index (χ0n) is 18.7. The summed E-state index contributed by atoms with van der Waals surface area (Å²) in [4.78, 5) is 32.5. The summed E-state index contributed by atoms with van der Waals surface area (Å²) in [6.45, 7) is 10.2. The summed E-state index contributed by atoms with van der Waals surface area (Å²) in [5.74, 6) is 1.18. The van der Waals surface area contributed by atoms with Crippen LogP contribution in [0.5, 0.6) is 11.5 Å². The number of rotatable bonds is 3. The minimum Gasteiger partial charge on any atom is -0.496 e. The Morgan fingerprint density at radius 3 is 2.13 bits per heavy atom. The van der Waals surface area contributed by atoms with Gasteiger partial charge in [0.05, 0.1) is 19.7 Å². The molecule has 1 aliphatic rings. The van der Waals surface area contributed by atoms with Crippen molar-refractivity contribution in [3.05, 3.63) is 23.9 Å². The summed E-state index contributed by atoms with van der Waals surface area (Å²) < 4.78 is 16.3. The van der Waals surface area contributed by atoms with Crippen molar-refractivity contribution in [1.29, 1.82) is 0 Å². The Kier molecular flexibility index (Phi) is 5.87. The van der Waals surface area contributed by atoms with Crippen molar-refractivity contribution in [2.75, 3.05) is 27.3 Å². The molecule has 3 rings (SSSR count). The highest BCUT2D eigenvalue weighted by molar-refractivity contribution is 6.01. The van der Waals surface area contributed by atoms with Gasteiger partial charge >= 0.3 is 6.09 Å². The van der Waals surface area contributed by atoms with Crippen LogP contribution in [0.15, 0.2) is 18.2 Å². The third kappa shape index (κ3) is 4.17. The van der Waals surface area contributed by atoms with Crippen LogP contribution in [0.1, 0.15) is 45.1 Å². The lowest BCUT2D eigenvalue weighted by Gasteiger charge is -2.44. The first kappa shape index (κ1) is 21.8. The van der Waals surface area contributed by atoms with Gasteiger partial charge in [0.25, 0.3) is 5.91 Å². The third-order valence-corrected chi connectivity index (χ3v) is 5.19. The number of aromatic amines is 1. The van der Waals surface area contributed by atoms with Gasteiger partial charge in [-0.1, -0.05) is 0 Å². The van der Waals surface area contributed by atoms with E-state index < -0.39 is 5.60 Å². The van der Waals surface area contributed by atoms with E-state index in [1.165, 1.54) is 0 Å². The summed E-state index contributed by atoms with van der Waals surface area (Å²) in [7, 11) is 3.18. The fourth-order valence-corrected chi connectivity index (χ4v) is 3.97. The standard InChI is InChI=1S/C22H31N3O5/c1-13-11-24(21(27)30-22(3,4)5)12-14(2)25(13)20(26)16-10-15-17(28-6)8-9-18(29-7)19(15)23-16/h8-10,13-14,23H,11-12H2,1-7H3/t13-,14-/m1/s1. The second-order valence-electron chi connectivity index (χ2n) is 8.74. The number of piperazine rings is 1. The van der Waals surface area contributed by atoms with Crippen molar-refractivity contribution >= 4 is 22.9 Å². The molecule has 0 saturated carbocycles. The van der Waals surface area contributed by atoms with E-state index in [0.29, 0.717) is 35.8 Å². The highest BCUT2D eigenvalue weighted by Crippen LogP contribution is 2.34. The van der Waals surface area contributed by atoms with E-state index in [1.54, 1.807) is 31.3 Å². The minimum absolute atomic E-state index is 0.126. The molecule has 1 N–H and O–H groups in total. The van der Waals surface area contributed by atoms with Gasteiger partial charge in [-0.25, -0.2) is 4.79 Å². The van der Waals surface area contributed by atoms with Crippen molar-refractivity contribution in [2.24, 2.45) is 0 Å². The molecule has 2 atom stereocenters. The molecule has 1 aromatic heterocycles. The van der Waals surface area contributed by atoms with E-state index in [-0.39, 0.29) is 24.1 Å². The number of hydrogen-bond donors (Lipinski definition) is 1. The van der Waals surface area contributed by atoms with Crippen LogP contribution >= 0.6 is 0 Å². The van der Waals surface area contributed by atoms with Gasteiger partial charge in [-0.15, -0.1) is 0 Å². The van der Waals surface area contributed by atoms with Gasteiger partial charge in [0.1, 0.15) is 22.8 Å². The average molecular weight is 418 g/mol. The zero-order chi connectivity index (χ0) is 22.2. The van der Waals surface area contributed by atoms with E-state index in [4.69, 9.17) is 14.2 Å². The Balaban J connectivity index is 1.84. The van der Waals surface area contributed by atoms with Gasteiger partial charge in [0.15, 0.2) is 0 Å². The first-order chi connectivity index (χ1) is 14.1. The van der Waals surface area contributed by atoms with Gasteiger partial charge in [0, 0.05) is 30.6 Å². The number of H-pyrrole nitrogens is 1. The monoisotopic (exact) mass is 417 g/mol. The van der Waals surface area contributed by atoms with E-state index in [1.807, 2.05) is 45.6 Å². The largest absolute Gasteiger partial charge is 0.496 e. The first-order valence-corrected chi connectivity index (χ1v) is 10.1. The lowest BCUT2D eigenvalue weighted by Crippen LogP contribution is -2.60. The van der Waals surface area contributed by atoms with E-state index in [0.717, 1.165) is 5.39 Å². The summed E-state index contributed by atoms with van der Waals surface area (Å²) >= 11 is 0. The Morgan fingerprint density at radius 2 is 1.60 bits per heavy atom. The number of aromatic nitrogens is 1. The Bertz CT molecular complexity index is 893. The fourth-order valence-electron chi connectivity index (χ4n) is 3.97. The van der Waals surface area contributed by atoms with Crippen LogP contribution < -0.4 is 9.47 Å². The molecule has 164 valence electrons. The molecular formula is C22H31N3O5. The summed E-state index contributed by atoms with van der Waals surface area (Å²) in [6.07, 6.45) is -0.353. The topological polar surface area (TPSA) is 84.1 Å². The second kappa shape index (κ2) is 8.08. The molecule has 0 bridgehead atoms. The maximum atomic E-state index is 13.4. The molecule has 0 unspecified atom stereocenters. The molecule has 0 aliphatic carbocycles. The number of carbonyl (C=O) groups is 2. The van der Waals surface area contributed by atoms with Gasteiger partial charge in [-0.05, 0) is 52.8 Å². The number of fused-ring (bicyclic) bond motifs is 1. The molecular weight excluding hydrogens is 386 g/mol. The minimum atomic E-state index is -0.557. The van der Waals surface area contributed by atoms with Crippen molar-refractivity contribution in [1.82, 2.24) is 14.8 Å². The molecule has 8 nitrogen and oxygen atoms in total. The lowest BCUT2D eigenvalue weighted by atomic mass is 10.1. The molecule has 2 aromatic rings. The molecule has 2 amide bonds. The second-order valence-corrected chi connectivity index (χ2v) is 8.74. The molecule has 1 saturated heterocycles. The summed E-state index contributed by atoms with van der Waals surface area (Å²) in [5.41, 5.74) is 0.615. The average Bonchev–Trinajstić information content (AvgIpc) is 3.10. The van der Waals surface area contributed by atoms with Crippen molar-refractivity contribution < 1.29 is 23.8 Å². The highest BCUT2D eigenvalue weighted by Gasteiger charge is 2.37. The number of hydrogen-bond acceptors (Lipinski definition) is 5. The van der Waals surface area contributed by atoms with Crippen molar-refractivity contribution in [3.63, 3.8) is 0 Å². The number of methoxy groups -OCH3 is 2. The van der Waals surface area contributed by atoms with Crippen molar-refractivity contribution in [2.45, 2.75) is 52.3 Å².